The standard InChI is InChI=1S/C14H25N3O/c1-5-12-13(10-17(4)16-12)15-11-7-8-18-14(3,6-2)9-11/h10-11,15H,5-9H2,1-4H3. The van der Waals surface area contributed by atoms with E-state index >= 15 is 0 Å². The van der Waals surface area contributed by atoms with Crippen LogP contribution in [0.1, 0.15) is 45.7 Å². The van der Waals surface area contributed by atoms with Gasteiger partial charge in [0, 0.05) is 25.9 Å². The molecule has 1 aliphatic rings. The number of hydrogen-bond donors (Lipinski definition) is 1. The molecule has 2 heterocycles. The molecule has 2 atom stereocenters. The minimum Gasteiger partial charge on any atom is -0.379 e. The van der Waals surface area contributed by atoms with Crippen LogP contribution in [-0.2, 0) is 18.2 Å². The van der Waals surface area contributed by atoms with Gasteiger partial charge in [-0.15, -0.1) is 0 Å². The lowest BCUT2D eigenvalue weighted by Crippen LogP contribution is -2.41. The fraction of sp³-hybridized carbons (Fsp3) is 0.786. The Hall–Kier alpha value is -1.03. The van der Waals surface area contributed by atoms with Gasteiger partial charge < -0.3 is 10.1 Å². The van der Waals surface area contributed by atoms with Gasteiger partial charge >= 0.3 is 0 Å². The van der Waals surface area contributed by atoms with Crippen LogP contribution >= 0.6 is 0 Å². The number of aromatic nitrogens is 2. The minimum absolute atomic E-state index is 0.0322. The average molecular weight is 251 g/mol. The summed E-state index contributed by atoms with van der Waals surface area (Å²) < 4.78 is 7.77. The van der Waals surface area contributed by atoms with E-state index in [1.165, 1.54) is 5.69 Å². The molecule has 0 aliphatic carbocycles. The molecule has 1 fully saturated rings. The molecule has 0 amide bonds. The molecule has 1 saturated heterocycles. The molecule has 1 aromatic rings. The van der Waals surface area contributed by atoms with Crippen LogP contribution in [-0.4, -0.2) is 28.0 Å². The fourth-order valence-electron chi connectivity index (χ4n) is 2.64. The van der Waals surface area contributed by atoms with Crippen LogP contribution in [0.4, 0.5) is 5.69 Å². The van der Waals surface area contributed by atoms with E-state index in [9.17, 15) is 0 Å². The van der Waals surface area contributed by atoms with Gasteiger partial charge in [-0.05, 0) is 32.6 Å². The maximum absolute atomic E-state index is 5.88. The van der Waals surface area contributed by atoms with E-state index < -0.39 is 0 Å². The largest absolute Gasteiger partial charge is 0.379 e. The molecular formula is C14H25N3O. The van der Waals surface area contributed by atoms with Gasteiger partial charge in [-0.1, -0.05) is 13.8 Å². The molecule has 0 aromatic carbocycles. The first kappa shape index (κ1) is 13.4. The Balaban J connectivity index is 2.04. The lowest BCUT2D eigenvalue weighted by atomic mass is 9.90. The van der Waals surface area contributed by atoms with Gasteiger partial charge in [0.05, 0.1) is 17.0 Å². The molecule has 4 nitrogen and oxygen atoms in total. The predicted molar refractivity (Wildman–Crippen MR) is 73.9 cm³/mol. The minimum atomic E-state index is 0.0322. The zero-order valence-electron chi connectivity index (χ0n) is 12.0. The van der Waals surface area contributed by atoms with E-state index in [-0.39, 0.29) is 5.60 Å². The van der Waals surface area contributed by atoms with Gasteiger partial charge in [-0.3, -0.25) is 4.68 Å². The molecule has 2 rings (SSSR count). The van der Waals surface area contributed by atoms with Crippen LogP contribution in [0.3, 0.4) is 0 Å². The highest BCUT2D eigenvalue weighted by molar-refractivity contribution is 5.47. The maximum Gasteiger partial charge on any atom is 0.0853 e. The van der Waals surface area contributed by atoms with Crippen molar-refractivity contribution in [2.75, 3.05) is 11.9 Å². The van der Waals surface area contributed by atoms with Gasteiger partial charge in [0.1, 0.15) is 0 Å². The highest BCUT2D eigenvalue weighted by Gasteiger charge is 2.31. The van der Waals surface area contributed by atoms with Crippen molar-refractivity contribution in [2.45, 2.75) is 58.1 Å². The molecule has 0 spiro atoms. The summed E-state index contributed by atoms with van der Waals surface area (Å²) in [7, 11) is 1.98. The van der Waals surface area contributed by atoms with Crippen LogP contribution in [0.15, 0.2) is 6.20 Å². The number of nitrogens with one attached hydrogen (secondary N) is 1. The molecule has 102 valence electrons. The first-order chi connectivity index (χ1) is 8.56. The SMILES string of the molecule is CCc1nn(C)cc1NC1CCOC(C)(CC)C1. The zero-order valence-corrected chi connectivity index (χ0v) is 12.0. The average Bonchev–Trinajstić information content (AvgIpc) is 2.69. The van der Waals surface area contributed by atoms with Crippen molar-refractivity contribution >= 4 is 5.69 Å². The van der Waals surface area contributed by atoms with Gasteiger partial charge in [0.25, 0.3) is 0 Å². The second-order valence-corrected chi connectivity index (χ2v) is 5.50. The molecule has 0 saturated carbocycles. The second kappa shape index (κ2) is 5.31. The molecule has 18 heavy (non-hydrogen) atoms. The monoisotopic (exact) mass is 251 g/mol. The molecule has 1 aliphatic heterocycles. The van der Waals surface area contributed by atoms with Gasteiger partial charge in [0.15, 0.2) is 0 Å². The van der Waals surface area contributed by atoms with E-state index in [4.69, 9.17) is 4.74 Å². The smallest absolute Gasteiger partial charge is 0.0853 e. The Morgan fingerprint density at radius 3 is 3.00 bits per heavy atom. The van der Waals surface area contributed by atoms with Gasteiger partial charge in [-0.2, -0.15) is 5.10 Å². The Bertz CT molecular complexity index is 402. The molecule has 1 N–H and O–H groups in total. The third-order valence-corrected chi connectivity index (χ3v) is 3.94. The van der Waals surface area contributed by atoms with Crippen LogP contribution in [0.25, 0.3) is 0 Å². The first-order valence-electron chi connectivity index (χ1n) is 6.99. The lowest BCUT2D eigenvalue weighted by molar-refractivity contribution is -0.0708. The van der Waals surface area contributed by atoms with E-state index in [2.05, 4.69) is 37.4 Å². The van der Waals surface area contributed by atoms with Crippen molar-refractivity contribution in [3.63, 3.8) is 0 Å². The van der Waals surface area contributed by atoms with E-state index in [0.29, 0.717) is 6.04 Å². The Kier molecular flexibility index (Phi) is 3.95. The van der Waals surface area contributed by atoms with Crippen molar-refractivity contribution in [1.82, 2.24) is 9.78 Å². The summed E-state index contributed by atoms with van der Waals surface area (Å²) in [5.74, 6) is 0. The van der Waals surface area contributed by atoms with E-state index in [0.717, 1.165) is 38.0 Å². The van der Waals surface area contributed by atoms with E-state index in [1.54, 1.807) is 0 Å². The maximum atomic E-state index is 5.88. The number of ether oxygens (including phenoxy) is 1. The van der Waals surface area contributed by atoms with Crippen LogP contribution in [0.5, 0.6) is 0 Å². The highest BCUT2D eigenvalue weighted by atomic mass is 16.5. The summed E-state index contributed by atoms with van der Waals surface area (Å²) in [5, 5.41) is 8.12. The van der Waals surface area contributed by atoms with Crippen molar-refractivity contribution in [1.29, 1.82) is 0 Å². The second-order valence-electron chi connectivity index (χ2n) is 5.50. The summed E-state index contributed by atoms with van der Waals surface area (Å²) in [6.07, 6.45) is 6.27. The quantitative estimate of drug-likeness (QED) is 0.894. The number of anilines is 1. The van der Waals surface area contributed by atoms with Crippen LogP contribution in [0, 0.1) is 0 Å². The topological polar surface area (TPSA) is 39.1 Å². The lowest BCUT2D eigenvalue weighted by Gasteiger charge is -2.38. The predicted octanol–water partition coefficient (Wildman–Crippen LogP) is 2.74. The fourth-order valence-corrected chi connectivity index (χ4v) is 2.64. The highest BCUT2D eigenvalue weighted by Crippen LogP contribution is 2.30. The first-order valence-corrected chi connectivity index (χ1v) is 6.99. The van der Waals surface area contributed by atoms with Gasteiger partial charge in [-0.25, -0.2) is 0 Å². The zero-order chi connectivity index (χ0) is 13.2. The summed E-state index contributed by atoms with van der Waals surface area (Å²) in [6.45, 7) is 7.41. The third kappa shape index (κ3) is 2.86. The van der Waals surface area contributed by atoms with Crippen LogP contribution in [0.2, 0.25) is 0 Å². The van der Waals surface area contributed by atoms with Crippen LogP contribution < -0.4 is 5.32 Å². The summed E-state index contributed by atoms with van der Waals surface area (Å²) in [4.78, 5) is 0. The Morgan fingerprint density at radius 2 is 2.33 bits per heavy atom. The summed E-state index contributed by atoms with van der Waals surface area (Å²) >= 11 is 0. The van der Waals surface area contributed by atoms with Gasteiger partial charge in [0.2, 0.25) is 0 Å². The normalized spacial score (nSPS) is 28.3. The molecule has 0 bridgehead atoms. The van der Waals surface area contributed by atoms with Crippen molar-refractivity contribution in [3.8, 4) is 0 Å². The molecule has 0 radical (unpaired) electrons. The number of rotatable bonds is 4. The number of aryl methyl sites for hydroxylation is 2. The molecule has 1 aromatic heterocycles. The molecule has 4 heteroatoms. The Morgan fingerprint density at radius 1 is 1.56 bits per heavy atom. The number of hydrogen-bond acceptors (Lipinski definition) is 3. The number of nitrogens with zero attached hydrogens (tertiary/aromatic N) is 2. The van der Waals surface area contributed by atoms with Crippen molar-refractivity contribution in [3.05, 3.63) is 11.9 Å². The summed E-state index contributed by atoms with van der Waals surface area (Å²) in [6, 6.07) is 0.498. The molecular weight excluding hydrogens is 226 g/mol. The van der Waals surface area contributed by atoms with Crippen molar-refractivity contribution < 1.29 is 4.74 Å². The Labute approximate surface area is 110 Å². The molecule has 2 unspecified atom stereocenters. The summed E-state index contributed by atoms with van der Waals surface area (Å²) in [5.41, 5.74) is 2.37. The van der Waals surface area contributed by atoms with E-state index in [1.807, 2.05) is 11.7 Å². The van der Waals surface area contributed by atoms with Crippen molar-refractivity contribution in [2.24, 2.45) is 7.05 Å². The third-order valence-electron chi connectivity index (χ3n) is 3.94.